The summed E-state index contributed by atoms with van der Waals surface area (Å²) in [5.74, 6) is 0.352. The number of rotatable bonds is 11. The Morgan fingerprint density at radius 2 is 1.97 bits per heavy atom. The first-order chi connectivity index (χ1) is 16.8. The summed E-state index contributed by atoms with van der Waals surface area (Å²) in [7, 11) is 0. The molecule has 1 aliphatic carbocycles. The molecule has 2 aliphatic heterocycles. The van der Waals surface area contributed by atoms with Gasteiger partial charge in [0, 0.05) is 47.3 Å². The second kappa shape index (κ2) is 11.6. The van der Waals surface area contributed by atoms with E-state index in [1.165, 1.54) is 0 Å². The minimum absolute atomic E-state index is 0.0589. The number of carbonyl (C=O) groups is 2. The molecule has 2 heterocycles. The average Bonchev–Trinajstić information content (AvgIpc) is 3.25. The van der Waals surface area contributed by atoms with E-state index >= 15 is 0 Å². The van der Waals surface area contributed by atoms with Gasteiger partial charge in [-0.1, -0.05) is 37.1 Å². The van der Waals surface area contributed by atoms with Crippen LogP contribution in [0.2, 0.25) is 5.02 Å². The third-order valence-corrected chi connectivity index (χ3v) is 7.69. The molecule has 2 saturated heterocycles. The molecule has 0 radical (unpaired) electrons. The van der Waals surface area contributed by atoms with Crippen molar-refractivity contribution in [1.82, 2.24) is 16.0 Å². The lowest BCUT2D eigenvalue weighted by molar-refractivity contribution is -0.119. The molecule has 35 heavy (non-hydrogen) atoms. The summed E-state index contributed by atoms with van der Waals surface area (Å²) >= 11 is 5.94. The van der Waals surface area contributed by atoms with Gasteiger partial charge in [-0.3, -0.25) is 15.0 Å². The van der Waals surface area contributed by atoms with E-state index in [1.807, 2.05) is 12.1 Å². The van der Waals surface area contributed by atoms with Gasteiger partial charge in [0.2, 0.25) is 5.91 Å². The molecule has 8 heteroatoms. The molecule has 0 bridgehead atoms. The smallest absolute Gasteiger partial charge is 0.269 e. The van der Waals surface area contributed by atoms with Crippen LogP contribution in [0.5, 0.6) is 0 Å². The van der Waals surface area contributed by atoms with Crippen LogP contribution >= 0.6 is 11.6 Å². The molecule has 1 aromatic rings. The summed E-state index contributed by atoms with van der Waals surface area (Å²) in [4.78, 5) is 24.3. The average molecular weight is 501 g/mol. The minimum Gasteiger partial charge on any atom is -0.387 e. The normalized spacial score (nSPS) is 23.4. The van der Waals surface area contributed by atoms with Gasteiger partial charge in [0.25, 0.3) is 5.91 Å². The van der Waals surface area contributed by atoms with Crippen LogP contribution in [-0.4, -0.2) is 43.3 Å². The van der Waals surface area contributed by atoms with E-state index in [2.05, 4.69) is 22.9 Å². The van der Waals surface area contributed by atoms with Crippen LogP contribution in [0, 0.1) is 16.7 Å². The predicted octanol–water partition coefficient (Wildman–Crippen LogP) is 4.11. The van der Waals surface area contributed by atoms with Gasteiger partial charge in [0.1, 0.15) is 5.71 Å². The van der Waals surface area contributed by atoms with Crippen molar-refractivity contribution < 1.29 is 14.3 Å². The lowest BCUT2D eigenvalue weighted by Gasteiger charge is -2.39. The molecule has 1 aromatic carbocycles. The van der Waals surface area contributed by atoms with Crippen LogP contribution in [0.3, 0.4) is 0 Å². The highest BCUT2D eigenvalue weighted by atomic mass is 35.5. The number of hydrogen-bond donors (Lipinski definition) is 4. The molecule has 0 saturated carbocycles. The molecule has 1 unspecified atom stereocenters. The fraction of sp³-hybridized carbons (Fsp3) is 0.593. The van der Waals surface area contributed by atoms with E-state index in [9.17, 15) is 9.59 Å². The van der Waals surface area contributed by atoms with Crippen LogP contribution in [0.1, 0.15) is 63.9 Å². The SMILES string of the molecule is CC1(CNC2=C(C(=N)C(=O)NCc3ccc(Cl)cc3)CCC(CCC[C@H]3CCC(=O)N3)C2)COC1. The summed E-state index contributed by atoms with van der Waals surface area (Å²) in [6, 6.07) is 7.67. The second-order valence-electron chi connectivity index (χ2n) is 10.6. The largest absolute Gasteiger partial charge is 0.387 e. The van der Waals surface area contributed by atoms with Crippen molar-refractivity contribution in [2.45, 2.75) is 70.9 Å². The van der Waals surface area contributed by atoms with Crippen LogP contribution in [0.4, 0.5) is 0 Å². The highest BCUT2D eigenvalue weighted by molar-refractivity contribution is 6.44. The molecular formula is C27H37ClN4O3. The molecular weight excluding hydrogens is 464 g/mol. The zero-order valence-corrected chi connectivity index (χ0v) is 21.3. The molecule has 7 nitrogen and oxygen atoms in total. The highest BCUT2D eigenvalue weighted by Crippen LogP contribution is 2.34. The van der Waals surface area contributed by atoms with Gasteiger partial charge in [-0.25, -0.2) is 0 Å². The van der Waals surface area contributed by atoms with Crippen molar-refractivity contribution in [3.8, 4) is 0 Å². The third-order valence-electron chi connectivity index (χ3n) is 7.43. The summed E-state index contributed by atoms with van der Waals surface area (Å²) in [5.41, 5.74) is 2.98. The predicted molar refractivity (Wildman–Crippen MR) is 137 cm³/mol. The van der Waals surface area contributed by atoms with E-state index < -0.39 is 0 Å². The highest BCUT2D eigenvalue weighted by Gasteiger charge is 2.34. The summed E-state index contributed by atoms with van der Waals surface area (Å²) in [6.45, 7) is 4.82. The molecule has 4 N–H and O–H groups in total. The molecule has 0 aromatic heterocycles. The quantitative estimate of drug-likeness (QED) is 0.343. The van der Waals surface area contributed by atoms with Crippen LogP contribution in [0.15, 0.2) is 35.5 Å². The van der Waals surface area contributed by atoms with Crippen molar-refractivity contribution in [2.75, 3.05) is 19.8 Å². The first-order valence-corrected chi connectivity index (χ1v) is 13.1. The zero-order valence-electron chi connectivity index (χ0n) is 20.6. The van der Waals surface area contributed by atoms with Crippen molar-refractivity contribution >= 4 is 29.1 Å². The van der Waals surface area contributed by atoms with Gasteiger partial charge in [0.15, 0.2) is 0 Å². The Kier molecular flexibility index (Phi) is 8.50. The zero-order chi connectivity index (χ0) is 24.8. The molecule has 0 spiro atoms. The van der Waals surface area contributed by atoms with Crippen LogP contribution in [-0.2, 0) is 20.9 Å². The van der Waals surface area contributed by atoms with Gasteiger partial charge < -0.3 is 20.7 Å². The van der Waals surface area contributed by atoms with E-state index in [4.69, 9.17) is 21.7 Å². The first kappa shape index (κ1) is 25.7. The number of halogens is 1. The van der Waals surface area contributed by atoms with Crippen molar-refractivity contribution in [1.29, 1.82) is 5.41 Å². The number of ether oxygens (including phenoxy) is 1. The number of amides is 2. The maximum atomic E-state index is 12.8. The Labute approximate surface area is 212 Å². The Bertz CT molecular complexity index is 971. The monoisotopic (exact) mass is 500 g/mol. The van der Waals surface area contributed by atoms with Gasteiger partial charge in [-0.15, -0.1) is 0 Å². The third kappa shape index (κ3) is 7.07. The fourth-order valence-electron chi connectivity index (χ4n) is 5.14. The Morgan fingerprint density at radius 3 is 2.63 bits per heavy atom. The van der Waals surface area contributed by atoms with Crippen molar-refractivity contribution in [3.63, 3.8) is 0 Å². The number of carbonyl (C=O) groups excluding carboxylic acids is 2. The molecule has 190 valence electrons. The van der Waals surface area contributed by atoms with Gasteiger partial charge in [-0.2, -0.15) is 0 Å². The minimum atomic E-state index is -0.345. The fourth-order valence-corrected chi connectivity index (χ4v) is 5.27. The van der Waals surface area contributed by atoms with Crippen LogP contribution in [0.25, 0.3) is 0 Å². The van der Waals surface area contributed by atoms with Gasteiger partial charge in [-0.05, 0) is 62.1 Å². The maximum absolute atomic E-state index is 12.8. The Balaban J connectivity index is 1.35. The van der Waals surface area contributed by atoms with Gasteiger partial charge in [0.05, 0.1) is 13.2 Å². The lowest BCUT2D eigenvalue weighted by Crippen LogP contribution is -2.47. The van der Waals surface area contributed by atoms with Crippen LogP contribution < -0.4 is 16.0 Å². The van der Waals surface area contributed by atoms with E-state index in [0.29, 0.717) is 29.9 Å². The number of nitrogens with one attached hydrogen (secondary N) is 4. The van der Waals surface area contributed by atoms with E-state index in [1.54, 1.807) is 12.1 Å². The van der Waals surface area contributed by atoms with E-state index in [-0.39, 0.29) is 22.9 Å². The summed E-state index contributed by atoms with van der Waals surface area (Å²) in [5, 5.41) is 18.9. The second-order valence-corrected chi connectivity index (χ2v) is 11.1. The van der Waals surface area contributed by atoms with E-state index in [0.717, 1.165) is 81.5 Å². The Morgan fingerprint density at radius 1 is 1.20 bits per heavy atom. The van der Waals surface area contributed by atoms with Gasteiger partial charge >= 0.3 is 0 Å². The summed E-state index contributed by atoms with van der Waals surface area (Å²) in [6.07, 6.45) is 7.38. The summed E-state index contributed by atoms with van der Waals surface area (Å²) < 4.78 is 5.40. The standard InChI is InChI=1S/C27H37ClN4O3/c1-27(16-35-17-27)15-31-23-13-18(3-2-4-21-10-12-24(33)32-21)7-11-22(23)25(29)26(34)30-14-19-5-8-20(28)9-6-19/h5-6,8-9,18,21,29,31H,2-4,7,10-17H2,1H3,(H,30,34)(H,32,33)/t18?,21-/m0/s1. The number of hydrogen-bond acceptors (Lipinski definition) is 5. The molecule has 2 fully saturated rings. The van der Waals surface area contributed by atoms with Crippen molar-refractivity contribution in [2.24, 2.45) is 11.3 Å². The lowest BCUT2D eigenvalue weighted by atomic mass is 9.81. The maximum Gasteiger partial charge on any atom is 0.269 e. The first-order valence-electron chi connectivity index (χ1n) is 12.8. The molecule has 2 atom stereocenters. The number of allylic oxidation sites excluding steroid dienone is 1. The number of benzene rings is 1. The Hall–Kier alpha value is -2.38. The molecule has 4 rings (SSSR count). The van der Waals surface area contributed by atoms with Crippen molar-refractivity contribution in [3.05, 3.63) is 46.1 Å². The topological polar surface area (TPSA) is 103 Å². The molecule has 3 aliphatic rings. The molecule has 2 amide bonds.